The zero-order valence-corrected chi connectivity index (χ0v) is 15.4. The van der Waals surface area contributed by atoms with Crippen LogP contribution in [0.5, 0.6) is 0 Å². The first-order valence-corrected chi connectivity index (χ1v) is 9.35. The fraction of sp³-hybridized carbons (Fsp3) is 0.833. The summed E-state index contributed by atoms with van der Waals surface area (Å²) < 4.78 is 0. The van der Waals surface area contributed by atoms with Gasteiger partial charge in [-0.25, -0.2) is 4.98 Å². The highest BCUT2D eigenvalue weighted by Crippen LogP contribution is 2.41. The van der Waals surface area contributed by atoms with E-state index in [1.807, 2.05) is 11.3 Å². The van der Waals surface area contributed by atoms with Gasteiger partial charge in [0.2, 0.25) is 0 Å². The minimum Gasteiger partial charge on any atom is -0.303 e. The Morgan fingerprint density at radius 3 is 2.24 bits per heavy atom. The maximum atomic E-state index is 5.04. The van der Waals surface area contributed by atoms with E-state index in [-0.39, 0.29) is 11.0 Å². The molecule has 1 atom stereocenters. The molecule has 1 aliphatic rings. The monoisotopic (exact) mass is 308 g/mol. The summed E-state index contributed by atoms with van der Waals surface area (Å²) in [6.45, 7) is 13.6. The van der Waals surface area contributed by atoms with E-state index in [0.717, 1.165) is 0 Å². The second kappa shape index (κ2) is 6.37. The third kappa shape index (κ3) is 3.87. The maximum Gasteiger partial charge on any atom is 0.113 e. The van der Waals surface area contributed by atoms with Gasteiger partial charge in [0.25, 0.3) is 0 Å². The van der Waals surface area contributed by atoms with Gasteiger partial charge in [-0.05, 0) is 39.5 Å². The summed E-state index contributed by atoms with van der Waals surface area (Å²) in [7, 11) is 0. The maximum absolute atomic E-state index is 5.04. The van der Waals surface area contributed by atoms with E-state index in [9.17, 15) is 0 Å². The fourth-order valence-electron chi connectivity index (χ4n) is 3.49. The molecule has 0 radical (unpaired) electrons. The topological polar surface area (TPSA) is 24.9 Å². The van der Waals surface area contributed by atoms with Crippen molar-refractivity contribution in [3.05, 3.63) is 16.1 Å². The zero-order chi connectivity index (χ0) is 15.7. The predicted octanol–water partition coefficient (Wildman–Crippen LogP) is 5.23. The quantitative estimate of drug-likeness (QED) is 0.823. The number of rotatable bonds is 4. The third-order valence-electron chi connectivity index (χ3n) is 4.73. The molecule has 2 rings (SSSR count). The van der Waals surface area contributed by atoms with Crippen molar-refractivity contribution in [2.45, 2.75) is 90.6 Å². The number of hydrogen-bond acceptors (Lipinski definition) is 3. The average Bonchev–Trinajstić information content (AvgIpc) is 2.89. The number of nitrogens with one attached hydrogen (secondary N) is 1. The molecule has 3 heteroatoms. The van der Waals surface area contributed by atoms with E-state index in [1.165, 1.54) is 42.8 Å². The Morgan fingerprint density at radius 1 is 1.14 bits per heavy atom. The van der Waals surface area contributed by atoms with Crippen molar-refractivity contribution in [3.8, 4) is 0 Å². The van der Waals surface area contributed by atoms with Crippen molar-refractivity contribution < 1.29 is 0 Å². The van der Waals surface area contributed by atoms with Crippen molar-refractivity contribution in [2.75, 3.05) is 0 Å². The van der Waals surface area contributed by atoms with Crippen molar-refractivity contribution in [1.82, 2.24) is 10.3 Å². The minimum absolute atomic E-state index is 0.0305. The van der Waals surface area contributed by atoms with Gasteiger partial charge in [0.05, 0.1) is 11.2 Å². The molecule has 1 heterocycles. The molecule has 1 aromatic heterocycles. The largest absolute Gasteiger partial charge is 0.303 e. The van der Waals surface area contributed by atoms with Gasteiger partial charge in [0, 0.05) is 16.8 Å². The van der Waals surface area contributed by atoms with Gasteiger partial charge in [-0.15, -0.1) is 11.3 Å². The van der Waals surface area contributed by atoms with E-state index in [4.69, 9.17) is 4.98 Å². The molecule has 0 saturated heterocycles. The Morgan fingerprint density at radius 2 is 1.76 bits per heavy atom. The molecule has 0 aliphatic heterocycles. The van der Waals surface area contributed by atoms with E-state index in [2.05, 4.69) is 52.2 Å². The van der Waals surface area contributed by atoms with Crippen molar-refractivity contribution in [2.24, 2.45) is 5.92 Å². The summed E-state index contributed by atoms with van der Waals surface area (Å²) in [6, 6.07) is 0.485. The Hall–Kier alpha value is -0.410. The zero-order valence-electron chi connectivity index (χ0n) is 14.6. The molecule has 0 amide bonds. The number of nitrogens with zero attached hydrogens (tertiary/aromatic N) is 1. The van der Waals surface area contributed by atoms with Crippen LogP contribution in [0.4, 0.5) is 0 Å². The average molecular weight is 309 g/mol. The second-order valence-electron chi connectivity index (χ2n) is 8.12. The normalized spacial score (nSPS) is 20.7. The molecule has 0 aromatic carbocycles. The molecule has 0 bridgehead atoms. The lowest BCUT2D eigenvalue weighted by Crippen LogP contribution is -2.49. The summed E-state index contributed by atoms with van der Waals surface area (Å²) in [6.07, 6.45) is 6.82. The van der Waals surface area contributed by atoms with Crippen molar-refractivity contribution in [3.63, 3.8) is 0 Å². The molecule has 1 aromatic rings. The minimum atomic E-state index is 0.0305. The molecule has 2 nitrogen and oxygen atoms in total. The van der Waals surface area contributed by atoms with Crippen LogP contribution < -0.4 is 5.32 Å². The van der Waals surface area contributed by atoms with Crippen LogP contribution in [0.2, 0.25) is 0 Å². The Bertz CT molecular complexity index is 452. The van der Waals surface area contributed by atoms with Crippen LogP contribution in [0.3, 0.4) is 0 Å². The molecule has 1 unspecified atom stereocenters. The first-order chi connectivity index (χ1) is 9.73. The Balaban J connectivity index is 2.32. The molecule has 0 spiro atoms. The van der Waals surface area contributed by atoms with Crippen LogP contribution >= 0.6 is 11.3 Å². The van der Waals surface area contributed by atoms with Crippen LogP contribution in [0, 0.1) is 5.92 Å². The molecule has 1 saturated carbocycles. The summed E-state index contributed by atoms with van der Waals surface area (Å²) >= 11 is 1.85. The van der Waals surface area contributed by atoms with Gasteiger partial charge >= 0.3 is 0 Å². The standard InChI is InChI=1S/C18H32N2S/c1-13(2)20-18(6,14-10-8-7-9-11-14)16-19-15(12-21-16)17(3,4)5/h12-14,20H,7-11H2,1-6H3. The van der Waals surface area contributed by atoms with Gasteiger partial charge < -0.3 is 5.32 Å². The van der Waals surface area contributed by atoms with Crippen LogP contribution in [0.25, 0.3) is 0 Å². The number of thiazole rings is 1. The van der Waals surface area contributed by atoms with Gasteiger partial charge in [-0.1, -0.05) is 40.0 Å². The van der Waals surface area contributed by atoms with Crippen LogP contribution in [0.15, 0.2) is 5.38 Å². The van der Waals surface area contributed by atoms with Gasteiger partial charge in [-0.3, -0.25) is 0 Å². The Labute approximate surface area is 134 Å². The lowest BCUT2D eigenvalue weighted by Gasteiger charge is -2.41. The van der Waals surface area contributed by atoms with Crippen LogP contribution in [0.1, 0.15) is 84.3 Å². The second-order valence-corrected chi connectivity index (χ2v) is 8.98. The highest BCUT2D eigenvalue weighted by atomic mass is 32.1. The molecule has 120 valence electrons. The molecule has 1 aliphatic carbocycles. The molecular formula is C18H32N2S. The predicted molar refractivity (Wildman–Crippen MR) is 93.0 cm³/mol. The van der Waals surface area contributed by atoms with E-state index in [0.29, 0.717) is 12.0 Å². The lowest BCUT2D eigenvalue weighted by atomic mass is 9.75. The van der Waals surface area contributed by atoms with Crippen LogP contribution in [-0.4, -0.2) is 11.0 Å². The lowest BCUT2D eigenvalue weighted by molar-refractivity contribution is 0.165. The third-order valence-corrected chi connectivity index (χ3v) is 5.81. The first kappa shape index (κ1) is 17.0. The molecule has 1 fully saturated rings. The van der Waals surface area contributed by atoms with E-state index < -0.39 is 0 Å². The smallest absolute Gasteiger partial charge is 0.113 e. The summed E-state index contributed by atoms with van der Waals surface area (Å²) in [5, 5.41) is 7.40. The highest BCUT2D eigenvalue weighted by Gasteiger charge is 2.39. The number of aromatic nitrogens is 1. The Kier molecular flexibility index (Phi) is 5.15. The van der Waals surface area contributed by atoms with E-state index >= 15 is 0 Å². The van der Waals surface area contributed by atoms with Gasteiger partial charge in [0.1, 0.15) is 5.01 Å². The van der Waals surface area contributed by atoms with Gasteiger partial charge in [0.15, 0.2) is 0 Å². The summed E-state index contributed by atoms with van der Waals surface area (Å²) in [5.74, 6) is 0.715. The molecule has 1 N–H and O–H groups in total. The number of hydrogen-bond donors (Lipinski definition) is 1. The van der Waals surface area contributed by atoms with Crippen molar-refractivity contribution in [1.29, 1.82) is 0 Å². The summed E-state index contributed by atoms with van der Waals surface area (Å²) in [5.41, 5.74) is 1.40. The van der Waals surface area contributed by atoms with Crippen molar-refractivity contribution >= 4 is 11.3 Å². The van der Waals surface area contributed by atoms with Gasteiger partial charge in [-0.2, -0.15) is 0 Å². The highest BCUT2D eigenvalue weighted by molar-refractivity contribution is 7.09. The fourth-order valence-corrected chi connectivity index (χ4v) is 4.74. The van der Waals surface area contributed by atoms with Crippen LogP contribution in [-0.2, 0) is 11.0 Å². The first-order valence-electron chi connectivity index (χ1n) is 8.47. The summed E-state index contributed by atoms with van der Waals surface area (Å²) in [4.78, 5) is 5.04. The SMILES string of the molecule is CC(C)NC(C)(c1nc(C(C)(C)C)cs1)C1CCCCC1. The molecular weight excluding hydrogens is 276 g/mol. The molecule has 21 heavy (non-hydrogen) atoms. The van der Waals surface area contributed by atoms with E-state index in [1.54, 1.807) is 0 Å².